The molecule has 1 aromatic rings. The number of hydrogen-bond donors (Lipinski definition) is 2. The van der Waals surface area contributed by atoms with Crippen molar-refractivity contribution >= 4 is 23.6 Å². The van der Waals surface area contributed by atoms with Gasteiger partial charge in [-0.3, -0.25) is 4.79 Å². The van der Waals surface area contributed by atoms with E-state index >= 15 is 0 Å². The van der Waals surface area contributed by atoms with Crippen LogP contribution in [0.1, 0.15) is 23.2 Å². The number of amides is 1. The van der Waals surface area contributed by atoms with Gasteiger partial charge in [-0.25, -0.2) is 4.98 Å². The van der Waals surface area contributed by atoms with Gasteiger partial charge in [-0.05, 0) is 26.7 Å². The molecule has 78 valence electrons. The number of thiazole rings is 1. The molecule has 0 aliphatic carbocycles. The van der Waals surface area contributed by atoms with Crippen LogP contribution in [0, 0.1) is 6.92 Å². The molecule has 0 fully saturated rings. The molecule has 0 saturated heterocycles. The van der Waals surface area contributed by atoms with Crippen molar-refractivity contribution in [1.29, 1.82) is 0 Å². The number of carbonyl (C=O) groups excluding carboxylic acids is 1. The van der Waals surface area contributed by atoms with Crippen LogP contribution in [0.3, 0.4) is 0 Å². The van der Waals surface area contributed by atoms with Gasteiger partial charge in [0, 0.05) is 10.9 Å². The molecule has 0 aliphatic heterocycles. The zero-order valence-electron chi connectivity index (χ0n) is 8.41. The number of nitrogens with zero attached hydrogens (tertiary/aromatic N) is 1. The largest absolute Gasteiger partial charge is 0.328 e. The van der Waals surface area contributed by atoms with E-state index < -0.39 is 0 Å². The lowest BCUT2D eigenvalue weighted by Gasteiger charge is -2.03. The molecule has 0 aliphatic rings. The van der Waals surface area contributed by atoms with E-state index in [4.69, 9.17) is 5.73 Å². The summed E-state index contributed by atoms with van der Waals surface area (Å²) in [6.07, 6.45) is 2.44. The summed E-state index contributed by atoms with van der Waals surface area (Å²) in [6.45, 7) is 3.90. The molecule has 0 aromatic carbocycles. The van der Waals surface area contributed by atoms with E-state index in [1.807, 2.05) is 13.8 Å². The zero-order chi connectivity index (χ0) is 10.6. The Kier molecular flexibility index (Phi) is 4.03. The number of rotatable bonds is 5. The first kappa shape index (κ1) is 11.1. The highest BCUT2D eigenvalue weighted by Crippen LogP contribution is 2.23. The molecule has 14 heavy (non-hydrogen) atoms. The molecule has 1 atom stereocenters. The van der Waals surface area contributed by atoms with Crippen LogP contribution in [-0.2, 0) is 11.2 Å². The van der Waals surface area contributed by atoms with Crippen molar-refractivity contribution in [2.45, 2.75) is 32.7 Å². The smallest absolute Gasteiger partial charge is 0.212 e. The van der Waals surface area contributed by atoms with Crippen LogP contribution >= 0.6 is 11.3 Å². The number of anilines is 1. The third-order valence-electron chi connectivity index (χ3n) is 1.83. The number of nitrogens with two attached hydrogens (primary N) is 1. The Balaban J connectivity index is 2.68. The van der Waals surface area contributed by atoms with Gasteiger partial charge < -0.3 is 11.1 Å². The molecule has 0 saturated carbocycles. The Bertz CT molecular complexity index is 309. The maximum absolute atomic E-state index is 10.3. The lowest BCUT2D eigenvalue weighted by Crippen LogP contribution is -2.15. The Morgan fingerprint density at radius 3 is 3.00 bits per heavy atom. The highest BCUT2D eigenvalue weighted by Gasteiger charge is 2.08. The van der Waals surface area contributed by atoms with Crippen LogP contribution in [-0.4, -0.2) is 17.4 Å². The van der Waals surface area contributed by atoms with Crippen molar-refractivity contribution < 1.29 is 4.79 Å². The minimum Gasteiger partial charge on any atom is -0.328 e. The monoisotopic (exact) mass is 213 g/mol. The summed E-state index contributed by atoms with van der Waals surface area (Å²) >= 11 is 1.61. The first-order valence-electron chi connectivity index (χ1n) is 4.55. The fourth-order valence-corrected chi connectivity index (χ4v) is 2.08. The number of aromatic nitrogens is 1. The van der Waals surface area contributed by atoms with Gasteiger partial charge in [-0.15, -0.1) is 11.3 Å². The Labute approximate surface area is 87.5 Å². The molecule has 5 heteroatoms. The second-order valence-corrected chi connectivity index (χ2v) is 4.57. The number of aryl methyl sites for hydroxylation is 2. The van der Waals surface area contributed by atoms with Crippen LogP contribution in [0.25, 0.3) is 0 Å². The summed E-state index contributed by atoms with van der Waals surface area (Å²) in [5, 5.41) is 3.57. The third-order valence-corrected chi connectivity index (χ3v) is 2.86. The average Bonchev–Trinajstić information content (AvgIpc) is 2.44. The molecule has 4 nitrogen and oxygen atoms in total. The van der Waals surface area contributed by atoms with Crippen LogP contribution in [0.5, 0.6) is 0 Å². The molecule has 0 radical (unpaired) electrons. The van der Waals surface area contributed by atoms with Gasteiger partial charge >= 0.3 is 0 Å². The fourth-order valence-electron chi connectivity index (χ4n) is 1.17. The van der Waals surface area contributed by atoms with Crippen molar-refractivity contribution in [3.05, 3.63) is 9.88 Å². The number of nitrogens with one attached hydrogen (secondary N) is 1. The Morgan fingerprint density at radius 1 is 1.71 bits per heavy atom. The molecule has 3 N–H and O–H groups in total. The Hall–Kier alpha value is -0.940. The summed E-state index contributed by atoms with van der Waals surface area (Å²) in [7, 11) is 0. The lowest BCUT2D eigenvalue weighted by molar-refractivity contribution is -0.105. The van der Waals surface area contributed by atoms with E-state index in [1.54, 1.807) is 11.3 Å². The van der Waals surface area contributed by atoms with Crippen LogP contribution in [0.15, 0.2) is 0 Å². The van der Waals surface area contributed by atoms with Crippen LogP contribution in [0.4, 0.5) is 5.82 Å². The van der Waals surface area contributed by atoms with Gasteiger partial charge in [-0.1, -0.05) is 0 Å². The molecule has 1 rings (SSSR count). The first-order chi connectivity index (χ1) is 6.63. The lowest BCUT2D eigenvalue weighted by atomic mass is 10.2. The molecular weight excluding hydrogens is 198 g/mol. The van der Waals surface area contributed by atoms with Gasteiger partial charge in [0.2, 0.25) is 6.41 Å². The highest BCUT2D eigenvalue weighted by atomic mass is 32.1. The van der Waals surface area contributed by atoms with Gasteiger partial charge in [0.15, 0.2) is 0 Å². The zero-order valence-corrected chi connectivity index (χ0v) is 9.23. The van der Waals surface area contributed by atoms with E-state index in [0.29, 0.717) is 12.2 Å². The summed E-state index contributed by atoms with van der Waals surface area (Å²) < 4.78 is 0. The van der Waals surface area contributed by atoms with Gasteiger partial charge in [0.1, 0.15) is 5.82 Å². The summed E-state index contributed by atoms with van der Waals surface area (Å²) in [5.41, 5.74) is 5.67. The summed E-state index contributed by atoms with van der Waals surface area (Å²) in [4.78, 5) is 15.6. The minimum atomic E-state index is 0.182. The van der Waals surface area contributed by atoms with E-state index in [9.17, 15) is 4.79 Å². The van der Waals surface area contributed by atoms with Crippen molar-refractivity contribution in [2.75, 3.05) is 5.32 Å². The van der Waals surface area contributed by atoms with E-state index in [1.165, 1.54) is 0 Å². The minimum absolute atomic E-state index is 0.182. The summed E-state index contributed by atoms with van der Waals surface area (Å²) in [5.74, 6) is 0.683. The molecule has 0 bridgehead atoms. The number of hydrogen-bond acceptors (Lipinski definition) is 4. The molecule has 0 spiro atoms. The van der Waals surface area contributed by atoms with Gasteiger partial charge in [-0.2, -0.15) is 0 Å². The number of carbonyl (C=O) groups is 1. The molecular formula is C9H15N3OS. The van der Waals surface area contributed by atoms with Gasteiger partial charge in [0.25, 0.3) is 0 Å². The second kappa shape index (κ2) is 5.07. The van der Waals surface area contributed by atoms with E-state index in [2.05, 4.69) is 10.3 Å². The standard InChI is InChI=1S/C9H15N3OS/c1-6(10)3-4-8-9(11-5-13)12-7(2)14-8/h5-6H,3-4,10H2,1-2H3,(H,11,13)/t6-/m1/s1. The average molecular weight is 213 g/mol. The van der Waals surface area contributed by atoms with Crippen molar-refractivity contribution in [1.82, 2.24) is 4.98 Å². The molecule has 1 amide bonds. The van der Waals surface area contributed by atoms with E-state index in [0.717, 1.165) is 22.7 Å². The first-order valence-corrected chi connectivity index (χ1v) is 5.37. The highest BCUT2D eigenvalue weighted by molar-refractivity contribution is 7.12. The van der Waals surface area contributed by atoms with E-state index in [-0.39, 0.29) is 6.04 Å². The second-order valence-electron chi connectivity index (χ2n) is 3.28. The quantitative estimate of drug-likeness (QED) is 0.724. The normalized spacial score (nSPS) is 12.5. The fraction of sp³-hybridized carbons (Fsp3) is 0.556. The molecule has 1 aromatic heterocycles. The van der Waals surface area contributed by atoms with Crippen molar-refractivity contribution in [2.24, 2.45) is 5.73 Å². The van der Waals surface area contributed by atoms with Crippen LogP contribution in [0.2, 0.25) is 0 Å². The molecule has 0 unspecified atom stereocenters. The predicted octanol–water partition coefficient (Wildman–Crippen LogP) is 1.30. The van der Waals surface area contributed by atoms with Crippen molar-refractivity contribution in [3.8, 4) is 0 Å². The van der Waals surface area contributed by atoms with Crippen molar-refractivity contribution in [3.63, 3.8) is 0 Å². The summed E-state index contributed by atoms with van der Waals surface area (Å²) in [6, 6.07) is 0.182. The predicted molar refractivity (Wildman–Crippen MR) is 58.5 cm³/mol. The molecule has 1 heterocycles. The maximum atomic E-state index is 10.3. The Morgan fingerprint density at radius 2 is 2.43 bits per heavy atom. The third kappa shape index (κ3) is 3.08. The maximum Gasteiger partial charge on any atom is 0.212 e. The topological polar surface area (TPSA) is 68.0 Å². The van der Waals surface area contributed by atoms with Crippen LogP contribution < -0.4 is 11.1 Å². The SMILES string of the molecule is Cc1nc(NC=O)c(CC[C@@H](C)N)s1. The van der Waals surface area contributed by atoms with Gasteiger partial charge in [0.05, 0.1) is 5.01 Å².